The fourth-order valence-electron chi connectivity index (χ4n) is 2.45. The minimum atomic E-state index is -0.359. The van der Waals surface area contributed by atoms with Gasteiger partial charge in [0.15, 0.2) is 16.6 Å². The molecule has 0 saturated heterocycles. The van der Waals surface area contributed by atoms with E-state index in [9.17, 15) is 4.79 Å². The number of methoxy groups -OCH3 is 1. The number of aromatic nitrogens is 1. The summed E-state index contributed by atoms with van der Waals surface area (Å²) in [7, 11) is 1.59. The van der Waals surface area contributed by atoms with Gasteiger partial charge in [0.2, 0.25) is 6.79 Å². The van der Waals surface area contributed by atoms with Crippen molar-refractivity contribution in [3.63, 3.8) is 0 Å². The van der Waals surface area contributed by atoms with Gasteiger partial charge in [-0.3, -0.25) is 5.32 Å². The maximum Gasteiger partial charge on any atom is 0.325 e. The van der Waals surface area contributed by atoms with Crippen LogP contribution >= 0.6 is 11.3 Å². The summed E-state index contributed by atoms with van der Waals surface area (Å²) in [5.74, 6) is 2.15. The Morgan fingerprint density at radius 3 is 2.73 bits per heavy atom. The molecule has 0 unspecified atom stereocenters. The van der Waals surface area contributed by atoms with Crippen molar-refractivity contribution < 1.29 is 19.0 Å². The van der Waals surface area contributed by atoms with E-state index in [1.165, 1.54) is 11.3 Å². The Hall–Kier alpha value is -3.26. The number of hydrogen-bond acceptors (Lipinski definition) is 6. The standard InChI is InChI=1S/C18H15N3O4S/c1-23-13-5-3-12(4-6-13)19-17(22)21-18-20-14(9-26-18)11-2-7-15-16(8-11)25-10-24-15/h2-9H,10H2,1H3,(H2,19,20,21,22). The van der Waals surface area contributed by atoms with Crippen LogP contribution in [0.25, 0.3) is 11.3 Å². The molecule has 132 valence electrons. The van der Waals surface area contributed by atoms with Crippen LogP contribution < -0.4 is 24.8 Å². The fourth-order valence-corrected chi connectivity index (χ4v) is 3.17. The number of carbonyl (C=O) groups excluding carboxylic acids is 1. The number of urea groups is 1. The maximum atomic E-state index is 12.1. The average molecular weight is 369 g/mol. The summed E-state index contributed by atoms with van der Waals surface area (Å²) in [6, 6.07) is 12.3. The molecule has 0 radical (unpaired) electrons. The monoisotopic (exact) mass is 369 g/mol. The highest BCUT2D eigenvalue weighted by molar-refractivity contribution is 7.14. The first-order valence-corrected chi connectivity index (χ1v) is 8.67. The van der Waals surface area contributed by atoms with Crippen LogP contribution in [0.2, 0.25) is 0 Å². The van der Waals surface area contributed by atoms with Crippen LogP contribution in [0.3, 0.4) is 0 Å². The Balaban J connectivity index is 1.42. The van der Waals surface area contributed by atoms with Gasteiger partial charge in [0, 0.05) is 16.6 Å². The topological polar surface area (TPSA) is 81.7 Å². The number of nitrogens with one attached hydrogen (secondary N) is 2. The van der Waals surface area contributed by atoms with Crippen LogP contribution in [0.1, 0.15) is 0 Å². The number of ether oxygens (including phenoxy) is 3. The SMILES string of the molecule is COc1ccc(NC(=O)Nc2nc(-c3ccc4c(c3)OCO4)cs2)cc1. The zero-order valence-electron chi connectivity index (χ0n) is 13.8. The number of fused-ring (bicyclic) bond motifs is 1. The number of anilines is 2. The van der Waals surface area contributed by atoms with Gasteiger partial charge in [0.05, 0.1) is 12.8 Å². The number of amides is 2. The molecule has 2 N–H and O–H groups in total. The Morgan fingerprint density at radius 1 is 1.12 bits per heavy atom. The van der Waals surface area contributed by atoms with E-state index >= 15 is 0 Å². The van der Waals surface area contributed by atoms with Crippen molar-refractivity contribution in [2.75, 3.05) is 24.5 Å². The van der Waals surface area contributed by atoms with Gasteiger partial charge in [0.1, 0.15) is 5.75 Å². The summed E-state index contributed by atoms with van der Waals surface area (Å²) in [6.45, 7) is 0.230. The fraction of sp³-hybridized carbons (Fsp3) is 0.111. The van der Waals surface area contributed by atoms with E-state index in [1.807, 2.05) is 23.6 Å². The third kappa shape index (κ3) is 3.40. The first-order valence-electron chi connectivity index (χ1n) is 7.79. The molecule has 2 aromatic carbocycles. The molecule has 1 aliphatic heterocycles. The molecule has 0 bridgehead atoms. The highest BCUT2D eigenvalue weighted by Gasteiger charge is 2.15. The normalized spacial score (nSPS) is 11.9. The minimum Gasteiger partial charge on any atom is -0.497 e. The summed E-state index contributed by atoms with van der Waals surface area (Å²) < 4.78 is 15.8. The lowest BCUT2D eigenvalue weighted by Crippen LogP contribution is -2.19. The predicted octanol–water partition coefficient (Wildman–Crippen LogP) is 4.19. The molecule has 1 aliphatic rings. The van der Waals surface area contributed by atoms with Gasteiger partial charge in [0.25, 0.3) is 0 Å². The second-order valence-corrected chi connectivity index (χ2v) is 6.27. The lowest BCUT2D eigenvalue weighted by atomic mass is 10.1. The number of rotatable bonds is 4. The zero-order chi connectivity index (χ0) is 17.9. The van der Waals surface area contributed by atoms with Crippen LogP contribution in [-0.4, -0.2) is 24.9 Å². The molecule has 0 spiro atoms. The molecule has 2 heterocycles. The van der Waals surface area contributed by atoms with Crippen molar-refractivity contribution in [3.8, 4) is 28.5 Å². The highest BCUT2D eigenvalue weighted by Crippen LogP contribution is 2.36. The number of thiazole rings is 1. The molecule has 0 saturated carbocycles. The first kappa shape index (κ1) is 16.2. The van der Waals surface area contributed by atoms with E-state index in [2.05, 4.69) is 15.6 Å². The molecule has 1 aromatic heterocycles. The average Bonchev–Trinajstić information content (AvgIpc) is 3.30. The Labute approximate surface area is 153 Å². The van der Waals surface area contributed by atoms with Crippen molar-refractivity contribution in [1.29, 1.82) is 0 Å². The first-order chi connectivity index (χ1) is 12.7. The molecule has 26 heavy (non-hydrogen) atoms. The van der Waals surface area contributed by atoms with Gasteiger partial charge >= 0.3 is 6.03 Å². The van der Waals surface area contributed by atoms with E-state index in [0.717, 1.165) is 22.8 Å². The Bertz CT molecular complexity index is 940. The molecule has 0 fully saturated rings. The van der Waals surface area contributed by atoms with E-state index in [-0.39, 0.29) is 12.8 Å². The molecule has 4 rings (SSSR count). The Kier molecular flexibility index (Phi) is 4.32. The van der Waals surface area contributed by atoms with Crippen molar-refractivity contribution in [2.24, 2.45) is 0 Å². The number of hydrogen-bond donors (Lipinski definition) is 2. The van der Waals surface area contributed by atoms with E-state index in [4.69, 9.17) is 14.2 Å². The van der Waals surface area contributed by atoms with Crippen molar-refractivity contribution in [2.45, 2.75) is 0 Å². The molecule has 0 aliphatic carbocycles. The van der Waals surface area contributed by atoms with Crippen molar-refractivity contribution in [3.05, 3.63) is 47.8 Å². The zero-order valence-corrected chi connectivity index (χ0v) is 14.6. The second kappa shape index (κ2) is 6.93. The van der Waals surface area contributed by atoms with Crippen LogP contribution in [0.15, 0.2) is 47.8 Å². The Morgan fingerprint density at radius 2 is 1.92 bits per heavy atom. The van der Waals surface area contributed by atoms with Crippen LogP contribution in [0.5, 0.6) is 17.2 Å². The van der Waals surface area contributed by atoms with E-state index in [1.54, 1.807) is 31.4 Å². The summed E-state index contributed by atoms with van der Waals surface area (Å²) in [6.07, 6.45) is 0. The third-order valence-electron chi connectivity index (χ3n) is 3.74. The van der Waals surface area contributed by atoms with Gasteiger partial charge < -0.3 is 19.5 Å². The second-order valence-electron chi connectivity index (χ2n) is 5.41. The summed E-state index contributed by atoms with van der Waals surface area (Å²) in [4.78, 5) is 16.6. The van der Waals surface area contributed by atoms with Crippen LogP contribution in [0, 0.1) is 0 Å². The van der Waals surface area contributed by atoms with Crippen molar-refractivity contribution in [1.82, 2.24) is 4.98 Å². The third-order valence-corrected chi connectivity index (χ3v) is 4.50. The summed E-state index contributed by atoms with van der Waals surface area (Å²) >= 11 is 1.35. The van der Waals surface area contributed by atoms with E-state index < -0.39 is 0 Å². The van der Waals surface area contributed by atoms with Crippen LogP contribution in [-0.2, 0) is 0 Å². The lowest BCUT2D eigenvalue weighted by molar-refractivity contribution is 0.174. The molecular weight excluding hydrogens is 354 g/mol. The van der Waals surface area contributed by atoms with Crippen LogP contribution in [0.4, 0.5) is 15.6 Å². The summed E-state index contributed by atoms with van der Waals surface area (Å²) in [5.41, 5.74) is 2.32. The largest absolute Gasteiger partial charge is 0.497 e. The van der Waals surface area contributed by atoms with Crippen molar-refractivity contribution >= 4 is 28.2 Å². The number of benzene rings is 2. The molecular formula is C18H15N3O4S. The van der Waals surface area contributed by atoms with Gasteiger partial charge in [-0.2, -0.15) is 0 Å². The lowest BCUT2D eigenvalue weighted by Gasteiger charge is -2.06. The minimum absolute atomic E-state index is 0.230. The molecule has 3 aromatic rings. The van der Waals surface area contributed by atoms with Gasteiger partial charge in [-0.1, -0.05) is 0 Å². The molecule has 2 amide bonds. The predicted molar refractivity (Wildman–Crippen MR) is 99.3 cm³/mol. The van der Waals surface area contributed by atoms with Gasteiger partial charge in [-0.05, 0) is 42.5 Å². The molecule has 7 nitrogen and oxygen atoms in total. The van der Waals surface area contributed by atoms with Gasteiger partial charge in [-0.15, -0.1) is 11.3 Å². The van der Waals surface area contributed by atoms with Gasteiger partial charge in [-0.25, -0.2) is 9.78 Å². The number of nitrogens with zero attached hydrogens (tertiary/aromatic N) is 1. The smallest absolute Gasteiger partial charge is 0.325 e. The maximum absolute atomic E-state index is 12.1. The molecule has 0 atom stereocenters. The quantitative estimate of drug-likeness (QED) is 0.721. The highest BCUT2D eigenvalue weighted by atomic mass is 32.1. The van der Waals surface area contributed by atoms with E-state index in [0.29, 0.717) is 16.6 Å². The number of carbonyl (C=O) groups is 1. The molecule has 8 heteroatoms. The summed E-state index contributed by atoms with van der Waals surface area (Å²) in [5, 5.41) is 7.86.